The number of ether oxygens (including phenoxy) is 2. The van der Waals surface area contributed by atoms with Crippen molar-refractivity contribution < 1.29 is 48.3 Å². The van der Waals surface area contributed by atoms with Gasteiger partial charge >= 0.3 is 12.2 Å². The molecule has 0 fully saturated rings. The molecule has 7 N–H and O–H groups in total. The lowest BCUT2D eigenvalue weighted by molar-refractivity contribution is -0.384. The van der Waals surface area contributed by atoms with Gasteiger partial charge in [0.15, 0.2) is 0 Å². The van der Waals surface area contributed by atoms with Crippen LogP contribution < -0.4 is 31.7 Å². The number of nitrogens with zero attached hydrogens (tertiary/aromatic N) is 1. The second-order valence-electron chi connectivity index (χ2n) is 8.71. The number of nitrogens with two attached hydrogens (primary N) is 1. The number of anilines is 1. The SMILES string of the molecule is CC(NC(=O)O)C(=O)NC(C)C(=O)NC(CC(N)=O)C(=O)Nc1ccc(COC(=O)Oc2ccc([N+](=O)[O-])cc2)cc1. The van der Waals surface area contributed by atoms with Gasteiger partial charge in [-0.1, -0.05) is 12.1 Å². The molecule has 3 unspecified atom stereocenters. The van der Waals surface area contributed by atoms with E-state index in [9.17, 15) is 38.9 Å². The molecule has 0 bridgehead atoms. The Hall–Kier alpha value is -5.74. The number of amides is 5. The molecule has 5 amide bonds. The zero-order valence-electron chi connectivity index (χ0n) is 22.3. The fourth-order valence-corrected chi connectivity index (χ4v) is 3.18. The second-order valence-corrected chi connectivity index (χ2v) is 8.71. The molecular weight excluding hydrogens is 560 g/mol. The molecule has 0 heterocycles. The lowest BCUT2D eigenvalue weighted by Gasteiger charge is -2.21. The van der Waals surface area contributed by atoms with Gasteiger partial charge in [0.05, 0.1) is 11.3 Å². The lowest BCUT2D eigenvalue weighted by atomic mass is 10.1. The van der Waals surface area contributed by atoms with Crippen LogP contribution in [0.15, 0.2) is 48.5 Å². The highest BCUT2D eigenvalue weighted by molar-refractivity contribution is 6.00. The molecule has 0 aromatic heterocycles. The van der Waals surface area contributed by atoms with E-state index in [-0.39, 0.29) is 23.7 Å². The van der Waals surface area contributed by atoms with Gasteiger partial charge in [-0.3, -0.25) is 29.3 Å². The molecule has 2 aromatic carbocycles. The van der Waals surface area contributed by atoms with Gasteiger partial charge in [-0.15, -0.1) is 0 Å². The fourth-order valence-electron chi connectivity index (χ4n) is 3.18. The van der Waals surface area contributed by atoms with Gasteiger partial charge in [-0.25, -0.2) is 9.59 Å². The third kappa shape index (κ3) is 10.8. The maximum Gasteiger partial charge on any atom is 0.514 e. The molecule has 17 nitrogen and oxygen atoms in total. The lowest BCUT2D eigenvalue weighted by Crippen LogP contribution is -2.55. The van der Waals surface area contributed by atoms with Crippen molar-refractivity contribution in [2.75, 3.05) is 5.32 Å². The van der Waals surface area contributed by atoms with Crippen LogP contribution in [0.25, 0.3) is 0 Å². The summed E-state index contributed by atoms with van der Waals surface area (Å²) < 4.78 is 9.93. The highest BCUT2D eigenvalue weighted by atomic mass is 16.7. The molecule has 2 rings (SSSR count). The van der Waals surface area contributed by atoms with Gasteiger partial charge in [-0.05, 0) is 43.7 Å². The average Bonchev–Trinajstić information content (AvgIpc) is 2.91. The minimum absolute atomic E-state index is 0.0443. The van der Waals surface area contributed by atoms with Crippen LogP contribution in [0.1, 0.15) is 25.8 Å². The number of hydrogen-bond donors (Lipinski definition) is 6. The van der Waals surface area contributed by atoms with Crippen molar-refractivity contribution in [2.24, 2.45) is 5.73 Å². The van der Waals surface area contributed by atoms with E-state index in [4.69, 9.17) is 20.3 Å². The first-order valence-electron chi connectivity index (χ1n) is 12.1. The molecular formula is C25H28N6O11. The third-order valence-corrected chi connectivity index (χ3v) is 5.35. The monoisotopic (exact) mass is 588 g/mol. The second kappa shape index (κ2) is 15.2. The Morgan fingerprint density at radius 2 is 1.45 bits per heavy atom. The Morgan fingerprint density at radius 1 is 0.881 bits per heavy atom. The fraction of sp³-hybridized carbons (Fsp3) is 0.280. The molecule has 42 heavy (non-hydrogen) atoms. The molecule has 0 aliphatic heterocycles. The summed E-state index contributed by atoms with van der Waals surface area (Å²) in [5.74, 6) is -3.26. The van der Waals surface area contributed by atoms with Crippen molar-refractivity contribution in [2.45, 2.75) is 45.0 Å². The van der Waals surface area contributed by atoms with E-state index in [1.807, 2.05) is 5.32 Å². The van der Waals surface area contributed by atoms with Gasteiger partial charge in [0.2, 0.25) is 23.6 Å². The minimum atomic E-state index is -1.43. The topological polar surface area (TPSA) is 258 Å². The van der Waals surface area contributed by atoms with Gasteiger partial charge in [0.1, 0.15) is 30.5 Å². The number of carboxylic acid groups (broad SMARTS) is 1. The van der Waals surface area contributed by atoms with Crippen molar-refractivity contribution in [3.8, 4) is 5.75 Å². The maximum atomic E-state index is 12.8. The molecule has 3 atom stereocenters. The summed E-state index contributed by atoms with van der Waals surface area (Å²) >= 11 is 0. The molecule has 224 valence electrons. The van der Waals surface area contributed by atoms with Crippen molar-refractivity contribution >= 4 is 47.3 Å². The Balaban J connectivity index is 1.91. The van der Waals surface area contributed by atoms with Crippen molar-refractivity contribution in [1.82, 2.24) is 16.0 Å². The highest BCUT2D eigenvalue weighted by Crippen LogP contribution is 2.18. The molecule has 0 saturated heterocycles. The van der Waals surface area contributed by atoms with Crippen LogP contribution in [0.5, 0.6) is 5.75 Å². The average molecular weight is 589 g/mol. The minimum Gasteiger partial charge on any atom is -0.465 e. The first-order chi connectivity index (χ1) is 19.7. The summed E-state index contributed by atoms with van der Waals surface area (Å²) in [7, 11) is 0. The summed E-state index contributed by atoms with van der Waals surface area (Å²) in [6.45, 7) is 2.36. The van der Waals surface area contributed by atoms with E-state index in [1.54, 1.807) is 0 Å². The Kier molecular flexibility index (Phi) is 11.7. The van der Waals surface area contributed by atoms with Crippen molar-refractivity contribution in [3.63, 3.8) is 0 Å². The van der Waals surface area contributed by atoms with E-state index in [0.717, 1.165) is 12.1 Å². The smallest absolute Gasteiger partial charge is 0.465 e. The van der Waals surface area contributed by atoms with Crippen LogP contribution in [0.2, 0.25) is 0 Å². The standard InChI is InChI=1S/C25H28N6O11/c1-13(27-21(33)14(2)28-24(36)37)22(34)30-19(11-20(26)32)23(35)29-16-5-3-15(4-6-16)12-41-25(38)42-18-9-7-17(8-10-18)31(39)40/h3-10,13-14,19,28H,11-12H2,1-2H3,(H2,26,32)(H,27,33)(H,29,35)(H,30,34)(H,36,37). The summed E-state index contributed by atoms with van der Waals surface area (Å²) in [6.07, 6.45) is -3.04. The van der Waals surface area contributed by atoms with E-state index in [0.29, 0.717) is 5.56 Å². The predicted octanol–water partition coefficient (Wildman–Crippen LogP) is 0.770. The number of rotatable bonds is 13. The van der Waals surface area contributed by atoms with Gasteiger partial charge in [-0.2, -0.15) is 0 Å². The Morgan fingerprint density at radius 3 is 2.00 bits per heavy atom. The number of nitrogens with one attached hydrogen (secondary N) is 4. The molecule has 17 heteroatoms. The normalized spacial score (nSPS) is 12.4. The quantitative estimate of drug-likeness (QED) is 0.0824. The number of non-ortho nitro benzene ring substituents is 1. The highest BCUT2D eigenvalue weighted by Gasteiger charge is 2.27. The molecule has 0 aliphatic rings. The first kappa shape index (κ1) is 32.5. The van der Waals surface area contributed by atoms with Crippen LogP contribution in [-0.4, -0.2) is 64.0 Å². The van der Waals surface area contributed by atoms with E-state index < -0.39 is 65.3 Å². The predicted molar refractivity (Wildman–Crippen MR) is 143 cm³/mol. The largest absolute Gasteiger partial charge is 0.514 e. The summed E-state index contributed by atoms with van der Waals surface area (Å²) in [6, 6.07) is 7.00. The first-order valence-corrected chi connectivity index (χ1v) is 12.1. The molecule has 0 saturated carbocycles. The molecule has 2 aromatic rings. The maximum absolute atomic E-state index is 12.8. The number of benzene rings is 2. The van der Waals surface area contributed by atoms with Gasteiger partial charge in [0, 0.05) is 17.8 Å². The summed E-state index contributed by atoms with van der Waals surface area (Å²) in [4.78, 5) is 81.5. The summed E-state index contributed by atoms with van der Waals surface area (Å²) in [5, 5.41) is 28.4. The molecule has 0 aliphatic carbocycles. The number of carbonyl (C=O) groups excluding carboxylic acids is 5. The number of hydrogen-bond acceptors (Lipinski definition) is 10. The van der Waals surface area contributed by atoms with Gasteiger partial charge in [0.25, 0.3) is 5.69 Å². The molecule has 0 spiro atoms. The van der Waals surface area contributed by atoms with Crippen LogP contribution in [0.4, 0.5) is 21.0 Å². The zero-order chi connectivity index (χ0) is 31.4. The Labute approximate surface area is 237 Å². The third-order valence-electron chi connectivity index (χ3n) is 5.35. The summed E-state index contributed by atoms with van der Waals surface area (Å²) in [5.41, 5.74) is 5.80. The van der Waals surface area contributed by atoms with Crippen LogP contribution in [-0.2, 0) is 30.5 Å². The molecule has 0 radical (unpaired) electrons. The van der Waals surface area contributed by atoms with E-state index in [1.165, 1.54) is 50.2 Å². The Bertz CT molecular complexity index is 1330. The number of nitro groups is 1. The number of carbonyl (C=O) groups is 6. The van der Waals surface area contributed by atoms with Crippen molar-refractivity contribution in [1.29, 1.82) is 0 Å². The van der Waals surface area contributed by atoms with E-state index >= 15 is 0 Å². The van der Waals surface area contributed by atoms with Crippen molar-refractivity contribution in [3.05, 3.63) is 64.2 Å². The zero-order valence-corrected chi connectivity index (χ0v) is 22.3. The van der Waals surface area contributed by atoms with Gasteiger partial charge < -0.3 is 41.6 Å². The van der Waals surface area contributed by atoms with Crippen LogP contribution >= 0.6 is 0 Å². The number of nitro benzene ring substituents is 1. The van der Waals surface area contributed by atoms with Crippen LogP contribution in [0, 0.1) is 10.1 Å². The van der Waals surface area contributed by atoms with E-state index in [2.05, 4.69) is 16.0 Å². The number of primary amides is 1. The van der Waals surface area contributed by atoms with Crippen LogP contribution in [0.3, 0.4) is 0 Å².